The second-order valence-electron chi connectivity index (χ2n) is 2.39. The first-order valence-electron chi connectivity index (χ1n) is 3.53. The highest BCUT2D eigenvalue weighted by Crippen LogP contribution is 2.18. The van der Waals surface area contributed by atoms with Crippen LogP contribution in [0.4, 0.5) is 10.9 Å². The third-order valence-corrected chi connectivity index (χ3v) is 2.24. The summed E-state index contributed by atoms with van der Waals surface area (Å²) in [5, 5.41) is 12.6. The Balaban J connectivity index is 2.14. The van der Waals surface area contributed by atoms with E-state index in [1.807, 2.05) is 18.4 Å². The van der Waals surface area contributed by atoms with Gasteiger partial charge in [-0.1, -0.05) is 0 Å². The summed E-state index contributed by atoms with van der Waals surface area (Å²) in [6, 6.07) is 1.86. The van der Waals surface area contributed by atoms with Gasteiger partial charge in [-0.15, -0.1) is 11.3 Å². The van der Waals surface area contributed by atoms with Crippen molar-refractivity contribution in [1.29, 1.82) is 0 Å². The summed E-state index contributed by atoms with van der Waals surface area (Å²) in [6.45, 7) is 1.97. The molecule has 62 valence electrons. The van der Waals surface area contributed by atoms with Crippen LogP contribution in [0.1, 0.15) is 5.69 Å². The molecule has 0 fully saturated rings. The maximum atomic E-state index is 4.25. The van der Waals surface area contributed by atoms with Crippen LogP contribution in [0.3, 0.4) is 0 Å². The highest BCUT2D eigenvalue weighted by molar-refractivity contribution is 7.13. The number of nitrogens with one attached hydrogen (secondary N) is 2. The maximum absolute atomic E-state index is 4.25. The van der Waals surface area contributed by atoms with Gasteiger partial charge in [0.1, 0.15) is 5.82 Å². The van der Waals surface area contributed by atoms with Crippen LogP contribution in [0.5, 0.6) is 0 Å². The third-order valence-electron chi connectivity index (χ3n) is 1.36. The standard InChI is InChI=1S/C7H8N4S/c1-5-4-12-7(9-5)10-6-2-3-8-11-6/h2-4H,1H3,(H2,8,9,10,11). The largest absolute Gasteiger partial charge is 0.317 e. The summed E-state index contributed by atoms with van der Waals surface area (Å²) < 4.78 is 0. The van der Waals surface area contributed by atoms with Gasteiger partial charge in [-0.2, -0.15) is 5.10 Å². The van der Waals surface area contributed by atoms with Gasteiger partial charge in [0.05, 0.1) is 11.9 Å². The number of hydrogen-bond donors (Lipinski definition) is 2. The summed E-state index contributed by atoms with van der Waals surface area (Å²) in [6.07, 6.45) is 1.70. The van der Waals surface area contributed by atoms with Crippen LogP contribution in [-0.4, -0.2) is 15.2 Å². The van der Waals surface area contributed by atoms with E-state index in [4.69, 9.17) is 0 Å². The molecule has 0 saturated heterocycles. The van der Waals surface area contributed by atoms with Crippen LogP contribution >= 0.6 is 11.3 Å². The molecule has 2 N–H and O–H groups in total. The third kappa shape index (κ3) is 1.45. The van der Waals surface area contributed by atoms with Gasteiger partial charge < -0.3 is 5.32 Å². The van der Waals surface area contributed by atoms with Crippen LogP contribution in [0.2, 0.25) is 0 Å². The zero-order chi connectivity index (χ0) is 8.39. The SMILES string of the molecule is Cc1csc(Nc2ccn[nH]2)n1. The maximum Gasteiger partial charge on any atom is 0.188 e. The molecule has 2 rings (SSSR count). The Bertz CT molecular complexity index is 351. The second kappa shape index (κ2) is 2.94. The Kier molecular flexibility index (Phi) is 1.79. The molecule has 0 aliphatic rings. The minimum absolute atomic E-state index is 0.865. The Morgan fingerprint density at radius 2 is 2.50 bits per heavy atom. The number of thiazole rings is 1. The van der Waals surface area contributed by atoms with Gasteiger partial charge in [0, 0.05) is 11.4 Å². The molecule has 0 aliphatic carbocycles. The lowest BCUT2D eigenvalue weighted by atomic mass is 10.6. The average Bonchev–Trinajstić information content (AvgIpc) is 2.63. The molecule has 2 aromatic rings. The fourth-order valence-electron chi connectivity index (χ4n) is 0.852. The number of rotatable bonds is 2. The van der Waals surface area contributed by atoms with Crippen molar-refractivity contribution in [3.05, 3.63) is 23.3 Å². The number of H-pyrrole nitrogens is 1. The van der Waals surface area contributed by atoms with E-state index in [9.17, 15) is 0 Å². The quantitative estimate of drug-likeness (QED) is 0.742. The molecule has 0 spiro atoms. The molecule has 5 heteroatoms. The number of anilines is 2. The first-order valence-corrected chi connectivity index (χ1v) is 4.41. The summed E-state index contributed by atoms with van der Waals surface area (Å²) in [5.41, 5.74) is 1.03. The molecule has 2 aromatic heterocycles. The predicted molar refractivity (Wildman–Crippen MR) is 48.7 cm³/mol. The first kappa shape index (κ1) is 7.30. The van der Waals surface area contributed by atoms with Crippen molar-refractivity contribution in [2.75, 3.05) is 5.32 Å². The molecule has 0 unspecified atom stereocenters. The van der Waals surface area contributed by atoms with Crippen molar-refractivity contribution in [3.63, 3.8) is 0 Å². The Morgan fingerprint density at radius 3 is 3.08 bits per heavy atom. The minimum atomic E-state index is 0.865. The fraction of sp³-hybridized carbons (Fsp3) is 0.143. The molecule has 0 aromatic carbocycles. The number of hydrogen-bond acceptors (Lipinski definition) is 4. The normalized spacial score (nSPS) is 10.1. The molecule has 0 bridgehead atoms. The van der Waals surface area contributed by atoms with Crippen molar-refractivity contribution in [3.8, 4) is 0 Å². The Labute approximate surface area is 73.7 Å². The minimum Gasteiger partial charge on any atom is -0.317 e. The number of aromatic nitrogens is 3. The summed E-state index contributed by atoms with van der Waals surface area (Å²) >= 11 is 1.58. The molecular formula is C7H8N4S. The average molecular weight is 180 g/mol. The lowest BCUT2D eigenvalue weighted by Crippen LogP contribution is -1.89. The van der Waals surface area contributed by atoms with E-state index >= 15 is 0 Å². The lowest BCUT2D eigenvalue weighted by molar-refractivity contribution is 1.09. The van der Waals surface area contributed by atoms with Crippen LogP contribution in [0, 0.1) is 6.92 Å². The molecule has 0 amide bonds. The van der Waals surface area contributed by atoms with E-state index < -0.39 is 0 Å². The number of aromatic amines is 1. The summed E-state index contributed by atoms with van der Waals surface area (Å²) in [5.74, 6) is 0.865. The van der Waals surface area contributed by atoms with Gasteiger partial charge in [-0.3, -0.25) is 5.10 Å². The summed E-state index contributed by atoms with van der Waals surface area (Å²) in [7, 11) is 0. The fourth-order valence-corrected chi connectivity index (χ4v) is 1.55. The molecule has 12 heavy (non-hydrogen) atoms. The van der Waals surface area contributed by atoms with Gasteiger partial charge in [0.2, 0.25) is 0 Å². The highest BCUT2D eigenvalue weighted by Gasteiger charge is 1.98. The van der Waals surface area contributed by atoms with E-state index in [1.165, 1.54) is 0 Å². The zero-order valence-corrected chi connectivity index (χ0v) is 7.35. The summed E-state index contributed by atoms with van der Waals surface area (Å²) in [4.78, 5) is 4.25. The molecule has 0 aliphatic heterocycles. The lowest BCUT2D eigenvalue weighted by Gasteiger charge is -1.95. The van der Waals surface area contributed by atoms with E-state index in [2.05, 4.69) is 20.5 Å². The first-order chi connectivity index (χ1) is 5.84. The topological polar surface area (TPSA) is 53.6 Å². The van der Waals surface area contributed by atoms with E-state index in [0.717, 1.165) is 16.6 Å². The van der Waals surface area contributed by atoms with Gasteiger partial charge >= 0.3 is 0 Å². The van der Waals surface area contributed by atoms with Gasteiger partial charge in [0.25, 0.3) is 0 Å². The Hall–Kier alpha value is -1.36. The van der Waals surface area contributed by atoms with Crippen molar-refractivity contribution in [2.45, 2.75) is 6.92 Å². The van der Waals surface area contributed by atoms with Crippen LogP contribution < -0.4 is 5.32 Å². The predicted octanol–water partition coefficient (Wildman–Crippen LogP) is 1.92. The smallest absolute Gasteiger partial charge is 0.188 e. The van der Waals surface area contributed by atoms with Crippen LogP contribution in [0.25, 0.3) is 0 Å². The van der Waals surface area contributed by atoms with Crippen molar-refractivity contribution in [2.24, 2.45) is 0 Å². The molecule has 0 saturated carbocycles. The molecule has 4 nitrogen and oxygen atoms in total. The van der Waals surface area contributed by atoms with Crippen LogP contribution in [-0.2, 0) is 0 Å². The van der Waals surface area contributed by atoms with Gasteiger partial charge in [0.15, 0.2) is 5.13 Å². The monoisotopic (exact) mass is 180 g/mol. The van der Waals surface area contributed by atoms with Crippen molar-refractivity contribution in [1.82, 2.24) is 15.2 Å². The van der Waals surface area contributed by atoms with E-state index in [1.54, 1.807) is 17.5 Å². The van der Waals surface area contributed by atoms with E-state index in [0.29, 0.717) is 0 Å². The zero-order valence-electron chi connectivity index (χ0n) is 6.53. The molecule has 0 atom stereocenters. The van der Waals surface area contributed by atoms with Crippen molar-refractivity contribution < 1.29 is 0 Å². The van der Waals surface area contributed by atoms with Crippen LogP contribution in [0.15, 0.2) is 17.6 Å². The molecule has 2 heterocycles. The van der Waals surface area contributed by atoms with Gasteiger partial charge in [-0.05, 0) is 6.92 Å². The molecule has 0 radical (unpaired) electrons. The second-order valence-corrected chi connectivity index (χ2v) is 3.25. The number of nitrogens with zero attached hydrogens (tertiary/aromatic N) is 2. The molecular weight excluding hydrogens is 172 g/mol. The van der Waals surface area contributed by atoms with Crippen molar-refractivity contribution >= 4 is 22.3 Å². The van der Waals surface area contributed by atoms with E-state index in [-0.39, 0.29) is 0 Å². The number of aryl methyl sites for hydroxylation is 1. The van der Waals surface area contributed by atoms with Gasteiger partial charge in [-0.25, -0.2) is 4.98 Å². The Morgan fingerprint density at radius 1 is 1.58 bits per heavy atom. The highest BCUT2D eigenvalue weighted by atomic mass is 32.1.